The van der Waals surface area contributed by atoms with Gasteiger partial charge in [-0.1, -0.05) is 36.0 Å². The molecule has 0 aromatic heterocycles. The Morgan fingerprint density at radius 1 is 1.08 bits per heavy atom. The Morgan fingerprint density at radius 3 is 2.08 bits per heavy atom. The standard InChI is InChI=1S/C18H16F3NO2S/c1-12(22-17(24)18(19,20)21)10-13-2-6-15(7-3-13)25-16-8-4-14(11-23)5-9-16/h2-9,11-12H,10H2,1H3,(H,22,24). The van der Waals surface area contributed by atoms with Crippen LogP contribution in [0.2, 0.25) is 0 Å². The van der Waals surface area contributed by atoms with Crippen LogP contribution in [-0.4, -0.2) is 24.4 Å². The van der Waals surface area contributed by atoms with Gasteiger partial charge in [0.05, 0.1) is 0 Å². The summed E-state index contributed by atoms with van der Waals surface area (Å²) in [5.41, 5.74) is 1.44. The number of benzene rings is 2. The van der Waals surface area contributed by atoms with Crippen LogP contribution in [0.25, 0.3) is 0 Å². The number of amides is 1. The Balaban J connectivity index is 1.92. The van der Waals surface area contributed by atoms with Gasteiger partial charge in [0.15, 0.2) is 0 Å². The van der Waals surface area contributed by atoms with E-state index < -0.39 is 18.1 Å². The molecule has 1 amide bonds. The van der Waals surface area contributed by atoms with Crippen molar-refractivity contribution < 1.29 is 22.8 Å². The second-order valence-corrected chi connectivity index (χ2v) is 6.66. The maximum atomic E-state index is 12.2. The van der Waals surface area contributed by atoms with E-state index in [1.807, 2.05) is 41.7 Å². The molecule has 0 aliphatic rings. The number of rotatable bonds is 6. The largest absolute Gasteiger partial charge is 0.471 e. The summed E-state index contributed by atoms with van der Waals surface area (Å²) >= 11 is 1.51. The van der Waals surface area contributed by atoms with E-state index in [9.17, 15) is 22.8 Å². The number of carbonyl (C=O) groups is 2. The minimum atomic E-state index is -4.87. The molecule has 0 fully saturated rings. The highest BCUT2D eigenvalue weighted by molar-refractivity contribution is 7.99. The number of alkyl halides is 3. The Labute approximate surface area is 147 Å². The van der Waals surface area contributed by atoms with Crippen LogP contribution in [0.15, 0.2) is 58.3 Å². The van der Waals surface area contributed by atoms with E-state index >= 15 is 0 Å². The first-order chi connectivity index (χ1) is 11.8. The fraction of sp³-hybridized carbons (Fsp3) is 0.222. The van der Waals surface area contributed by atoms with Crippen LogP contribution >= 0.6 is 11.8 Å². The molecule has 0 spiro atoms. The second-order valence-electron chi connectivity index (χ2n) is 5.51. The average molecular weight is 367 g/mol. The van der Waals surface area contributed by atoms with Gasteiger partial charge in [0.25, 0.3) is 0 Å². The first-order valence-corrected chi connectivity index (χ1v) is 8.29. The van der Waals surface area contributed by atoms with Crippen LogP contribution in [0.3, 0.4) is 0 Å². The summed E-state index contributed by atoms with van der Waals surface area (Å²) in [7, 11) is 0. The molecule has 7 heteroatoms. The molecule has 3 nitrogen and oxygen atoms in total. The minimum absolute atomic E-state index is 0.306. The maximum Gasteiger partial charge on any atom is 0.471 e. The van der Waals surface area contributed by atoms with Crippen molar-refractivity contribution in [2.24, 2.45) is 0 Å². The van der Waals surface area contributed by atoms with E-state index in [1.54, 1.807) is 12.1 Å². The molecule has 0 saturated heterocycles. The van der Waals surface area contributed by atoms with Crippen molar-refractivity contribution in [2.75, 3.05) is 0 Å². The van der Waals surface area contributed by atoms with Gasteiger partial charge in [-0.2, -0.15) is 13.2 Å². The highest BCUT2D eigenvalue weighted by Crippen LogP contribution is 2.28. The van der Waals surface area contributed by atoms with E-state index in [2.05, 4.69) is 0 Å². The molecule has 0 radical (unpaired) electrons. The second kappa shape index (κ2) is 8.20. The summed E-state index contributed by atoms with van der Waals surface area (Å²) in [5.74, 6) is -1.93. The number of carbonyl (C=O) groups excluding carboxylic acids is 2. The summed E-state index contributed by atoms with van der Waals surface area (Å²) in [4.78, 5) is 23.5. The van der Waals surface area contributed by atoms with Crippen LogP contribution in [0.4, 0.5) is 13.2 Å². The quantitative estimate of drug-likeness (QED) is 0.776. The smallest absolute Gasteiger partial charge is 0.345 e. The van der Waals surface area contributed by atoms with E-state index in [0.717, 1.165) is 21.6 Å². The van der Waals surface area contributed by atoms with Crippen molar-refractivity contribution in [3.63, 3.8) is 0 Å². The van der Waals surface area contributed by atoms with Crippen LogP contribution in [0.1, 0.15) is 22.8 Å². The molecular weight excluding hydrogens is 351 g/mol. The van der Waals surface area contributed by atoms with Gasteiger partial charge in [0, 0.05) is 21.4 Å². The van der Waals surface area contributed by atoms with Crippen molar-refractivity contribution in [3.05, 3.63) is 59.7 Å². The lowest BCUT2D eigenvalue weighted by Gasteiger charge is -2.15. The van der Waals surface area contributed by atoms with Crippen molar-refractivity contribution in [2.45, 2.75) is 35.4 Å². The number of hydrogen-bond donors (Lipinski definition) is 1. The predicted octanol–water partition coefficient (Wildman–Crippen LogP) is 4.26. The SMILES string of the molecule is CC(Cc1ccc(Sc2ccc(C=O)cc2)cc1)NC(=O)C(F)(F)F. The van der Waals surface area contributed by atoms with Gasteiger partial charge in [0.1, 0.15) is 6.29 Å². The first-order valence-electron chi connectivity index (χ1n) is 7.47. The summed E-state index contributed by atoms with van der Waals surface area (Å²) in [6.45, 7) is 1.53. The normalized spacial score (nSPS) is 12.5. The lowest BCUT2D eigenvalue weighted by molar-refractivity contribution is -0.174. The van der Waals surface area contributed by atoms with Crippen LogP contribution in [0, 0.1) is 0 Å². The van der Waals surface area contributed by atoms with E-state index in [1.165, 1.54) is 18.7 Å². The third-order valence-electron chi connectivity index (χ3n) is 3.35. The molecule has 0 heterocycles. The van der Waals surface area contributed by atoms with Gasteiger partial charge >= 0.3 is 12.1 Å². The molecular formula is C18H16F3NO2S. The molecule has 2 rings (SSSR count). The molecule has 0 bridgehead atoms. The lowest BCUT2D eigenvalue weighted by Crippen LogP contribution is -2.42. The van der Waals surface area contributed by atoms with Crippen molar-refractivity contribution in [3.8, 4) is 0 Å². The van der Waals surface area contributed by atoms with Gasteiger partial charge in [-0.15, -0.1) is 0 Å². The molecule has 2 aromatic carbocycles. The van der Waals surface area contributed by atoms with Crippen molar-refractivity contribution in [1.82, 2.24) is 5.32 Å². The van der Waals surface area contributed by atoms with Crippen LogP contribution in [0.5, 0.6) is 0 Å². The predicted molar refractivity (Wildman–Crippen MR) is 89.8 cm³/mol. The molecule has 25 heavy (non-hydrogen) atoms. The Kier molecular flexibility index (Phi) is 6.25. The van der Waals surface area contributed by atoms with Gasteiger partial charge in [0.2, 0.25) is 0 Å². The Morgan fingerprint density at radius 2 is 1.60 bits per heavy atom. The topological polar surface area (TPSA) is 46.2 Å². The number of hydrogen-bond acceptors (Lipinski definition) is 3. The van der Waals surface area contributed by atoms with Crippen molar-refractivity contribution >= 4 is 24.0 Å². The molecule has 2 aromatic rings. The third-order valence-corrected chi connectivity index (χ3v) is 4.37. The molecule has 1 N–H and O–H groups in total. The lowest BCUT2D eigenvalue weighted by atomic mass is 10.1. The molecule has 0 aliphatic heterocycles. The number of aldehydes is 1. The first kappa shape index (κ1) is 19.1. The summed E-state index contributed by atoms with van der Waals surface area (Å²) in [5, 5.41) is 1.94. The summed E-state index contributed by atoms with van der Waals surface area (Å²) in [6.07, 6.45) is -3.78. The molecule has 132 valence electrons. The minimum Gasteiger partial charge on any atom is -0.345 e. The number of nitrogens with one attached hydrogen (secondary N) is 1. The maximum absolute atomic E-state index is 12.2. The highest BCUT2D eigenvalue weighted by Gasteiger charge is 2.39. The van der Waals surface area contributed by atoms with Gasteiger partial charge in [-0.05, 0) is 43.2 Å². The van der Waals surface area contributed by atoms with E-state index in [-0.39, 0.29) is 0 Å². The van der Waals surface area contributed by atoms with Crippen molar-refractivity contribution in [1.29, 1.82) is 0 Å². The summed E-state index contributed by atoms with van der Waals surface area (Å²) in [6, 6.07) is 13.9. The zero-order valence-electron chi connectivity index (χ0n) is 13.3. The van der Waals surface area contributed by atoms with Gasteiger partial charge in [-0.3, -0.25) is 9.59 Å². The molecule has 0 aliphatic carbocycles. The summed E-state index contributed by atoms with van der Waals surface area (Å²) < 4.78 is 36.7. The molecule has 0 saturated carbocycles. The van der Waals surface area contributed by atoms with Crippen LogP contribution < -0.4 is 5.32 Å². The van der Waals surface area contributed by atoms with E-state index in [4.69, 9.17) is 0 Å². The van der Waals surface area contributed by atoms with E-state index in [0.29, 0.717) is 12.0 Å². The Bertz CT molecular complexity index is 727. The van der Waals surface area contributed by atoms with Crippen LogP contribution in [-0.2, 0) is 11.2 Å². The zero-order valence-corrected chi connectivity index (χ0v) is 14.2. The highest BCUT2D eigenvalue weighted by atomic mass is 32.2. The zero-order chi connectivity index (χ0) is 18.4. The fourth-order valence-electron chi connectivity index (χ4n) is 2.15. The van der Waals surface area contributed by atoms with Gasteiger partial charge in [-0.25, -0.2) is 0 Å². The number of halogens is 3. The van der Waals surface area contributed by atoms with Gasteiger partial charge < -0.3 is 5.32 Å². The average Bonchev–Trinajstić information content (AvgIpc) is 2.56. The molecule has 1 atom stereocenters. The fourth-order valence-corrected chi connectivity index (χ4v) is 2.97. The third kappa shape index (κ3) is 5.94. The molecule has 1 unspecified atom stereocenters. The monoisotopic (exact) mass is 367 g/mol. The Hall–Kier alpha value is -2.28.